The lowest BCUT2D eigenvalue weighted by atomic mass is 10.3. The Morgan fingerprint density at radius 3 is 3.00 bits per heavy atom. The molecule has 1 amide bonds. The average Bonchev–Trinajstić information content (AvgIpc) is 2.94. The van der Waals surface area contributed by atoms with Crippen molar-refractivity contribution in [3.63, 3.8) is 0 Å². The van der Waals surface area contributed by atoms with Gasteiger partial charge in [0.2, 0.25) is 11.0 Å². The molecule has 0 fully saturated rings. The van der Waals surface area contributed by atoms with Crippen molar-refractivity contribution in [3.05, 3.63) is 35.1 Å². The van der Waals surface area contributed by atoms with Crippen LogP contribution in [0, 0.1) is 0 Å². The van der Waals surface area contributed by atoms with E-state index in [1.807, 2.05) is 24.3 Å². The van der Waals surface area contributed by atoms with Gasteiger partial charge in [0.25, 0.3) is 0 Å². The van der Waals surface area contributed by atoms with Gasteiger partial charge in [0.05, 0.1) is 17.5 Å². The van der Waals surface area contributed by atoms with Crippen LogP contribution in [0.1, 0.15) is 17.8 Å². The minimum absolute atomic E-state index is 0.147. The van der Waals surface area contributed by atoms with Gasteiger partial charge in [-0.3, -0.25) is 4.79 Å². The van der Waals surface area contributed by atoms with Crippen LogP contribution in [0.25, 0.3) is 11.0 Å². The molecular formula is C12H11N5OS. The number of benzene rings is 1. The zero-order valence-electron chi connectivity index (χ0n) is 10.2. The van der Waals surface area contributed by atoms with Crippen molar-refractivity contribution in [1.29, 1.82) is 0 Å². The lowest BCUT2D eigenvalue weighted by Crippen LogP contribution is -2.04. The number of fused-ring (bicyclic) bond motifs is 1. The van der Waals surface area contributed by atoms with Crippen LogP contribution in [0.5, 0.6) is 0 Å². The molecule has 0 aliphatic heterocycles. The lowest BCUT2D eigenvalue weighted by Gasteiger charge is -1.91. The number of nitrogens with one attached hydrogen (secondary N) is 2. The monoisotopic (exact) mass is 273 g/mol. The Balaban J connectivity index is 1.80. The van der Waals surface area contributed by atoms with Crippen molar-refractivity contribution < 1.29 is 4.79 Å². The van der Waals surface area contributed by atoms with Gasteiger partial charge in [-0.15, -0.1) is 10.2 Å². The van der Waals surface area contributed by atoms with Crippen LogP contribution in [-0.4, -0.2) is 26.1 Å². The zero-order chi connectivity index (χ0) is 13.2. The van der Waals surface area contributed by atoms with Crippen LogP contribution in [0.4, 0.5) is 5.13 Å². The van der Waals surface area contributed by atoms with Gasteiger partial charge >= 0.3 is 0 Å². The summed E-state index contributed by atoms with van der Waals surface area (Å²) in [7, 11) is 0. The number of nitrogens with zero attached hydrogens (tertiary/aromatic N) is 3. The molecule has 3 rings (SSSR count). The standard InChI is InChI=1S/C12H11N5OS/c1-7(18)13-12-17-16-11(19-12)6-10-14-8-4-2-3-5-9(8)15-10/h2-5H,6H2,1H3,(H,14,15)(H,13,17,18). The molecule has 0 radical (unpaired) electrons. The first kappa shape index (κ1) is 11.8. The maximum absolute atomic E-state index is 10.9. The molecular weight excluding hydrogens is 262 g/mol. The summed E-state index contributed by atoms with van der Waals surface area (Å²) in [5.41, 5.74) is 1.94. The van der Waals surface area contributed by atoms with E-state index in [2.05, 4.69) is 25.5 Å². The topological polar surface area (TPSA) is 83.6 Å². The van der Waals surface area contributed by atoms with Gasteiger partial charge in [0.15, 0.2) is 0 Å². The highest BCUT2D eigenvalue weighted by molar-refractivity contribution is 7.15. The SMILES string of the molecule is CC(=O)Nc1nnc(Cc2nc3ccccc3[nH]2)s1. The fourth-order valence-corrected chi connectivity index (χ4v) is 2.55. The van der Waals surface area contributed by atoms with Crippen LogP contribution in [0.15, 0.2) is 24.3 Å². The third-order valence-corrected chi connectivity index (χ3v) is 3.35. The van der Waals surface area contributed by atoms with Gasteiger partial charge in [0.1, 0.15) is 10.8 Å². The van der Waals surface area contributed by atoms with Crippen molar-refractivity contribution in [2.45, 2.75) is 13.3 Å². The zero-order valence-corrected chi connectivity index (χ0v) is 11.0. The first-order valence-corrected chi connectivity index (χ1v) is 6.56. The summed E-state index contributed by atoms with van der Waals surface area (Å²) < 4.78 is 0. The van der Waals surface area contributed by atoms with Crippen molar-refractivity contribution in [2.24, 2.45) is 0 Å². The number of carbonyl (C=O) groups excluding carboxylic acids is 1. The average molecular weight is 273 g/mol. The van der Waals surface area contributed by atoms with E-state index in [4.69, 9.17) is 0 Å². The number of H-pyrrole nitrogens is 1. The molecule has 2 aromatic heterocycles. The van der Waals surface area contributed by atoms with Gasteiger partial charge in [-0.05, 0) is 12.1 Å². The van der Waals surface area contributed by atoms with E-state index in [1.54, 1.807) is 0 Å². The lowest BCUT2D eigenvalue weighted by molar-refractivity contribution is -0.114. The minimum atomic E-state index is -0.147. The number of aromatic nitrogens is 4. The highest BCUT2D eigenvalue weighted by Crippen LogP contribution is 2.19. The molecule has 0 bridgehead atoms. The highest BCUT2D eigenvalue weighted by Gasteiger charge is 2.09. The Bertz CT molecular complexity index is 699. The molecule has 0 unspecified atom stereocenters. The van der Waals surface area contributed by atoms with Gasteiger partial charge in [-0.2, -0.15) is 0 Å². The van der Waals surface area contributed by atoms with E-state index in [-0.39, 0.29) is 5.91 Å². The Morgan fingerprint density at radius 1 is 1.37 bits per heavy atom. The number of rotatable bonds is 3. The Hall–Kier alpha value is -2.28. The van der Waals surface area contributed by atoms with Crippen LogP contribution in [0.2, 0.25) is 0 Å². The Kier molecular flexibility index (Phi) is 2.96. The molecule has 1 aromatic carbocycles. The predicted octanol–water partition coefficient (Wildman–Crippen LogP) is 1.96. The van der Waals surface area contributed by atoms with Crippen LogP contribution >= 0.6 is 11.3 Å². The number of hydrogen-bond acceptors (Lipinski definition) is 5. The number of amides is 1. The van der Waals surface area contributed by atoms with Crippen molar-refractivity contribution >= 4 is 33.4 Å². The third kappa shape index (κ3) is 2.60. The summed E-state index contributed by atoms with van der Waals surface area (Å²) in [4.78, 5) is 18.6. The summed E-state index contributed by atoms with van der Waals surface area (Å²) >= 11 is 1.35. The van der Waals surface area contributed by atoms with E-state index < -0.39 is 0 Å². The smallest absolute Gasteiger partial charge is 0.223 e. The maximum atomic E-state index is 10.9. The molecule has 0 saturated carbocycles. The molecule has 0 aliphatic carbocycles. The maximum Gasteiger partial charge on any atom is 0.223 e. The number of imidazole rings is 1. The second-order valence-electron chi connectivity index (χ2n) is 4.06. The molecule has 0 spiro atoms. The predicted molar refractivity (Wildman–Crippen MR) is 73.1 cm³/mol. The van der Waals surface area contributed by atoms with Gasteiger partial charge in [-0.1, -0.05) is 23.5 Å². The number of hydrogen-bond donors (Lipinski definition) is 2. The van der Waals surface area contributed by atoms with E-state index >= 15 is 0 Å². The Morgan fingerprint density at radius 2 is 2.21 bits per heavy atom. The Labute approximate surface area is 112 Å². The van der Waals surface area contributed by atoms with E-state index in [0.29, 0.717) is 11.6 Å². The number of aromatic amines is 1. The number of anilines is 1. The number of carbonyl (C=O) groups is 1. The molecule has 2 N–H and O–H groups in total. The second kappa shape index (κ2) is 4.77. The van der Waals surface area contributed by atoms with Gasteiger partial charge in [-0.25, -0.2) is 4.98 Å². The van der Waals surface area contributed by atoms with Crippen LogP contribution < -0.4 is 5.32 Å². The largest absolute Gasteiger partial charge is 0.342 e. The summed E-state index contributed by atoms with van der Waals surface area (Å²) in [6.45, 7) is 1.44. The normalized spacial score (nSPS) is 10.8. The van der Waals surface area contributed by atoms with Crippen LogP contribution in [0.3, 0.4) is 0 Å². The van der Waals surface area contributed by atoms with E-state index in [9.17, 15) is 4.79 Å². The summed E-state index contributed by atoms with van der Waals surface area (Å²) in [6.07, 6.45) is 0.575. The first-order valence-electron chi connectivity index (χ1n) is 5.74. The molecule has 0 saturated heterocycles. The molecule has 3 aromatic rings. The molecule has 19 heavy (non-hydrogen) atoms. The molecule has 96 valence electrons. The van der Waals surface area contributed by atoms with Crippen LogP contribution in [-0.2, 0) is 11.2 Å². The highest BCUT2D eigenvalue weighted by atomic mass is 32.1. The molecule has 0 aliphatic rings. The fraction of sp³-hybridized carbons (Fsp3) is 0.167. The second-order valence-corrected chi connectivity index (χ2v) is 5.12. The van der Waals surface area contributed by atoms with E-state index in [0.717, 1.165) is 21.9 Å². The third-order valence-electron chi connectivity index (χ3n) is 2.51. The number of para-hydroxylation sites is 2. The van der Waals surface area contributed by atoms with Crippen molar-refractivity contribution in [3.8, 4) is 0 Å². The quantitative estimate of drug-likeness (QED) is 0.764. The summed E-state index contributed by atoms with van der Waals surface area (Å²) in [5, 5.41) is 11.9. The molecule has 0 atom stereocenters. The van der Waals surface area contributed by atoms with Gasteiger partial charge < -0.3 is 10.3 Å². The summed E-state index contributed by atoms with van der Waals surface area (Å²) in [5.74, 6) is 0.693. The summed E-state index contributed by atoms with van der Waals surface area (Å²) in [6, 6.07) is 7.85. The van der Waals surface area contributed by atoms with E-state index in [1.165, 1.54) is 18.3 Å². The van der Waals surface area contributed by atoms with Crippen molar-refractivity contribution in [2.75, 3.05) is 5.32 Å². The minimum Gasteiger partial charge on any atom is -0.342 e. The molecule has 2 heterocycles. The fourth-order valence-electron chi connectivity index (χ4n) is 1.76. The van der Waals surface area contributed by atoms with Gasteiger partial charge in [0, 0.05) is 6.92 Å². The first-order chi connectivity index (χ1) is 9.20. The molecule has 6 nitrogen and oxygen atoms in total. The van der Waals surface area contributed by atoms with Crippen molar-refractivity contribution in [1.82, 2.24) is 20.2 Å². The molecule has 7 heteroatoms.